The normalized spacial score (nSPS) is 16.3. The van der Waals surface area contributed by atoms with Crippen molar-refractivity contribution in [1.29, 1.82) is 0 Å². The number of ether oxygens (including phenoxy) is 3. The smallest absolute Gasteiger partial charge is 0.355 e. The predicted octanol–water partition coefficient (Wildman–Crippen LogP) is 9.24. The second-order valence-corrected chi connectivity index (χ2v) is 19.6. The number of anilines is 4. The fourth-order valence-electron chi connectivity index (χ4n) is 8.68. The van der Waals surface area contributed by atoms with Crippen LogP contribution in [0, 0.1) is 25.7 Å². The van der Waals surface area contributed by atoms with Gasteiger partial charge in [0.25, 0.3) is 0 Å². The average molecular weight is 1100 g/mol. The van der Waals surface area contributed by atoms with Gasteiger partial charge in [-0.1, -0.05) is 82.9 Å². The Labute approximate surface area is 455 Å². The Morgan fingerprint density at radius 3 is 1.33 bits per heavy atom. The summed E-state index contributed by atoms with van der Waals surface area (Å²) in [6, 6.07) is 35.0. The number of nitrogens with zero attached hydrogens (tertiary/aromatic N) is 8. The Kier molecular flexibility index (Phi) is 16.6. The predicted molar refractivity (Wildman–Crippen MR) is 292 cm³/mol. The van der Waals surface area contributed by atoms with Gasteiger partial charge in [0.1, 0.15) is 11.5 Å². The van der Waals surface area contributed by atoms with E-state index in [4.69, 9.17) is 37.4 Å². The average Bonchev–Trinajstić information content (AvgIpc) is 3.45. The summed E-state index contributed by atoms with van der Waals surface area (Å²) >= 11 is 11.7. The van der Waals surface area contributed by atoms with Crippen LogP contribution in [0.1, 0.15) is 66.9 Å². The van der Waals surface area contributed by atoms with E-state index >= 15 is 0 Å². The van der Waals surface area contributed by atoms with Gasteiger partial charge in [0, 0.05) is 48.0 Å². The summed E-state index contributed by atoms with van der Waals surface area (Å²) in [5.74, 6) is -0.0956. The number of carboxylic acids is 1. The third-order valence-corrected chi connectivity index (χ3v) is 13.6. The molecule has 0 spiro atoms. The summed E-state index contributed by atoms with van der Waals surface area (Å²) in [6.07, 6.45) is 4.13. The van der Waals surface area contributed by atoms with Crippen LogP contribution >= 0.6 is 23.2 Å². The molecule has 4 heterocycles. The van der Waals surface area contributed by atoms with Crippen LogP contribution in [0.15, 0.2) is 153 Å². The third kappa shape index (κ3) is 13.0. The van der Waals surface area contributed by atoms with Crippen molar-refractivity contribution in [3.63, 3.8) is 0 Å². The number of carbonyl (C=O) groups is 2. The molecule has 22 heteroatoms. The number of aliphatic carboxylic acids is 1. The molecule has 0 radical (unpaired) electrons. The number of benzene rings is 4. The number of pyridine rings is 2. The molecule has 8 aromatic rings. The molecule has 4 aromatic heterocycles. The topological polar surface area (TPSA) is 246 Å². The standard InChI is InChI=1S/C29H28ClN5O5.C27H24ClN5O5/c1-3-39-26(36)20-14-23(15-20)35-28(37)33-27(34(29(35)38)17-19-6-4-18(2)5-7-19)32-22-9-11-24(12-10-22)40-25-13-8-21(30)16-31-25;1-16-2-4-17(5-3-16)15-32-25(31-26(36)33(27(32)37)21-12-18(13-21)24(34)35)30-20-7-9-22(10-8-20)38-23-11-6-19(28)14-29-23/h4-13,16,20,23H,3,14-15,17H2,1-2H3,(H,32,33,37);2-11,14,18,21H,12-13,15H2,1H3,(H,34,35)(H,30,31,36). The van der Waals surface area contributed by atoms with E-state index in [1.54, 1.807) is 79.7 Å². The first-order valence-electron chi connectivity index (χ1n) is 24.9. The third-order valence-electron chi connectivity index (χ3n) is 13.1. The number of nitrogens with one attached hydrogen (secondary N) is 2. The van der Waals surface area contributed by atoms with Crippen LogP contribution in [0.25, 0.3) is 0 Å². The van der Waals surface area contributed by atoms with Gasteiger partial charge < -0.3 is 30.0 Å². The number of aryl methyl sites for hydroxylation is 2. The van der Waals surface area contributed by atoms with E-state index in [1.165, 1.54) is 21.5 Å². The molecule has 0 saturated heterocycles. The maximum Gasteiger partial charge on any atom is 0.355 e. The number of hydrogen-bond donors (Lipinski definition) is 3. The van der Waals surface area contributed by atoms with Crippen LogP contribution in [0.4, 0.5) is 23.3 Å². The zero-order chi connectivity index (χ0) is 55.0. The Morgan fingerprint density at radius 2 is 0.974 bits per heavy atom. The van der Waals surface area contributed by atoms with Crippen molar-refractivity contribution in [2.45, 2.75) is 71.6 Å². The summed E-state index contributed by atoms with van der Waals surface area (Å²) in [4.78, 5) is 93.1. The van der Waals surface area contributed by atoms with E-state index < -0.39 is 46.7 Å². The highest BCUT2D eigenvalue weighted by molar-refractivity contribution is 6.30. The molecule has 0 bridgehead atoms. The van der Waals surface area contributed by atoms with Gasteiger partial charge in [0.05, 0.1) is 41.6 Å². The van der Waals surface area contributed by atoms with Crippen molar-refractivity contribution in [2.24, 2.45) is 11.8 Å². The molecule has 400 valence electrons. The number of halogens is 2. The molecule has 3 N–H and O–H groups in total. The number of esters is 1. The lowest BCUT2D eigenvalue weighted by atomic mass is 9.80. The molecule has 10 rings (SSSR count). The van der Waals surface area contributed by atoms with E-state index in [-0.39, 0.29) is 56.3 Å². The molecule has 2 aliphatic rings. The van der Waals surface area contributed by atoms with E-state index in [1.807, 2.05) is 62.4 Å². The number of hydrogen-bond acceptors (Lipinski definition) is 15. The van der Waals surface area contributed by atoms with Gasteiger partial charge >= 0.3 is 34.7 Å². The van der Waals surface area contributed by atoms with Crippen molar-refractivity contribution in [1.82, 2.24) is 38.2 Å². The second-order valence-electron chi connectivity index (χ2n) is 18.8. The molecule has 0 aliphatic heterocycles. The summed E-state index contributed by atoms with van der Waals surface area (Å²) in [7, 11) is 0. The number of carboxylic acid groups (broad SMARTS) is 1. The van der Waals surface area contributed by atoms with Crippen molar-refractivity contribution in [2.75, 3.05) is 17.2 Å². The summed E-state index contributed by atoms with van der Waals surface area (Å²) in [6.45, 7) is 6.36. The molecule has 2 fully saturated rings. The molecule has 0 amide bonds. The van der Waals surface area contributed by atoms with Gasteiger partial charge in [-0.2, -0.15) is 9.97 Å². The molecule has 20 nitrogen and oxygen atoms in total. The highest BCUT2D eigenvalue weighted by atomic mass is 35.5. The molecular formula is C56H52Cl2N10O10. The monoisotopic (exact) mass is 1090 g/mol. The number of rotatable bonds is 17. The minimum Gasteiger partial charge on any atom is -0.481 e. The Morgan fingerprint density at radius 1 is 0.577 bits per heavy atom. The highest BCUT2D eigenvalue weighted by Gasteiger charge is 2.39. The van der Waals surface area contributed by atoms with Crippen molar-refractivity contribution < 1.29 is 28.9 Å². The molecule has 78 heavy (non-hydrogen) atoms. The van der Waals surface area contributed by atoms with Gasteiger partial charge in [-0.3, -0.25) is 18.7 Å². The minimum atomic E-state index is -0.931. The quantitative estimate of drug-likeness (QED) is 0.0719. The molecule has 0 unspecified atom stereocenters. The van der Waals surface area contributed by atoms with Crippen LogP contribution < -0.4 is 42.9 Å². The lowest BCUT2D eigenvalue weighted by Gasteiger charge is -2.34. The zero-order valence-electron chi connectivity index (χ0n) is 42.4. The van der Waals surface area contributed by atoms with E-state index in [0.29, 0.717) is 57.5 Å². The maximum absolute atomic E-state index is 13.7. The van der Waals surface area contributed by atoms with Crippen LogP contribution in [0.5, 0.6) is 23.3 Å². The van der Waals surface area contributed by atoms with Gasteiger partial charge in [0.15, 0.2) is 0 Å². The van der Waals surface area contributed by atoms with E-state index in [2.05, 4.69) is 30.6 Å². The highest BCUT2D eigenvalue weighted by Crippen LogP contribution is 2.38. The van der Waals surface area contributed by atoms with Crippen LogP contribution in [0.3, 0.4) is 0 Å². The van der Waals surface area contributed by atoms with Crippen molar-refractivity contribution in [3.8, 4) is 23.3 Å². The lowest BCUT2D eigenvalue weighted by molar-refractivity contribution is -0.152. The Balaban J connectivity index is 0.000000190. The largest absolute Gasteiger partial charge is 0.481 e. The molecular weight excluding hydrogens is 1040 g/mol. The Bertz CT molecular complexity index is 3670. The first kappa shape index (κ1) is 53.9. The summed E-state index contributed by atoms with van der Waals surface area (Å²) in [5.41, 5.74) is 2.64. The van der Waals surface area contributed by atoms with Crippen molar-refractivity contribution >= 4 is 58.4 Å². The van der Waals surface area contributed by atoms with E-state index in [0.717, 1.165) is 31.4 Å². The lowest BCUT2D eigenvalue weighted by Crippen LogP contribution is -2.49. The second kappa shape index (κ2) is 24.0. The first-order valence-corrected chi connectivity index (χ1v) is 25.6. The van der Waals surface area contributed by atoms with Crippen LogP contribution in [-0.2, 0) is 27.4 Å². The molecule has 0 atom stereocenters. The van der Waals surface area contributed by atoms with Gasteiger partial charge in [-0.05, 0) is 118 Å². The fraction of sp³-hybridized carbons (Fsp3) is 0.250. The van der Waals surface area contributed by atoms with Gasteiger partial charge in [0.2, 0.25) is 23.7 Å². The maximum atomic E-state index is 13.7. The first-order chi connectivity index (χ1) is 37.6. The SMILES string of the molecule is CCOC(=O)C1CC(n2c(=O)nc(Nc3ccc(Oc4ccc(Cl)cn4)cc3)n(Cc3ccc(C)cc3)c2=O)C1.Cc1ccc(Cn2c(Nc3ccc(Oc4ccc(Cl)cn4)cc3)nc(=O)n(C3CC(C(=O)O)C3)c2=O)cc1. The van der Waals surface area contributed by atoms with Gasteiger partial charge in [-0.25, -0.2) is 38.3 Å². The van der Waals surface area contributed by atoms with Crippen molar-refractivity contribution in [3.05, 3.63) is 208 Å². The van der Waals surface area contributed by atoms with Gasteiger partial charge in [-0.15, -0.1) is 0 Å². The fourth-order valence-corrected chi connectivity index (χ4v) is 8.90. The number of aromatic nitrogens is 8. The summed E-state index contributed by atoms with van der Waals surface area (Å²) in [5, 5.41) is 16.4. The molecule has 2 saturated carbocycles. The summed E-state index contributed by atoms with van der Waals surface area (Å²) < 4.78 is 21.6. The molecule has 4 aromatic carbocycles. The minimum absolute atomic E-state index is 0.0824. The Hall–Kier alpha value is -8.88. The van der Waals surface area contributed by atoms with Crippen LogP contribution in [-0.4, -0.2) is 61.9 Å². The zero-order valence-corrected chi connectivity index (χ0v) is 43.9. The van der Waals surface area contributed by atoms with E-state index in [9.17, 15) is 33.9 Å². The molecule has 2 aliphatic carbocycles. The number of carbonyl (C=O) groups excluding carboxylic acids is 1. The van der Waals surface area contributed by atoms with Crippen LogP contribution in [0.2, 0.25) is 10.0 Å².